The van der Waals surface area contributed by atoms with Crippen molar-refractivity contribution in [3.63, 3.8) is 0 Å². The van der Waals surface area contributed by atoms with Crippen molar-refractivity contribution in [2.24, 2.45) is 0 Å². The summed E-state index contributed by atoms with van der Waals surface area (Å²) in [6, 6.07) is 82.2. The standard InChI is InChI=1S/C60H38N2O2/c1-2-16-43(17-3-1)62-55-27-7-4-20-49(55)54-38-41(32-35-56(54)62)40-14-10-18-45(36-40)61(44-33-30-39(31-34-44)47-23-12-25-52-50-21-5-8-28-57(50)63-59(47)52)46-19-11-15-42(37-46)48-24-13-26-53-51-22-6-9-29-58(51)64-60(48)53/h1-38H. The van der Waals surface area contributed by atoms with Crippen LogP contribution in [0.2, 0.25) is 0 Å². The summed E-state index contributed by atoms with van der Waals surface area (Å²) in [5.74, 6) is 0. The molecule has 0 saturated heterocycles. The highest BCUT2D eigenvalue weighted by Gasteiger charge is 2.19. The highest BCUT2D eigenvalue weighted by molar-refractivity contribution is 6.12. The van der Waals surface area contributed by atoms with Crippen LogP contribution in [0.25, 0.3) is 105 Å². The van der Waals surface area contributed by atoms with Crippen LogP contribution < -0.4 is 4.90 Å². The minimum absolute atomic E-state index is 0.890. The molecule has 0 atom stereocenters. The van der Waals surface area contributed by atoms with Gasteiger partial charge in [0.2, 0.25) is 0 Å². The Morgan fingerprint density at radius 2 is 0.797 bits per heavy atom. The molecule has 13 aromatic rings. The summed E-state index contributed by atoms with van der Waals surface area (Å²) in [6.07, 6.45) is 0. The molecule has 10 aromatic carbocycles. The van der Waals surface area contributed by atoms with Gasteiger partial charge in [-0.05, 0) is 101 Å². The summed E-state index contributed by atoms with van der Waals surface area (Å²) < 4.78 is 15.4. The number of hydrogen-bond acceptors (Lipinski definition) is 3. The van der Waals surface area contributed by atoms with Crippen molar-refractivity contribution in [3.05, 3.63) is 231 Å². The van der Waals surface area contributed by atoms with E-state index in [1.165, 1.54) is 21.8 Å². The highest BCUT2D eigenvalue weighted by atomic mass is 16.3. The number of nitrogens with zero attached hydrogens (tertiary/aromatic N) is 2. The lowest BCUT2D eigenvalue weighted by molar-refractivity contribution is 0.669. The Morgan fingerprint density at radius 1 is 0.297 bits per heavy atom. The Hall–Kier alpha value is -8.60. The molecule has 4 nitrogen and oxygen atoms in total. The highest BCUT2D eigenvalue weighted by Crippen LogP contribution is 2.43. The number of hydrogen-bond donors (Lipinski definition) is 0. The second kappa shape index (κ2) is 14.5. The smallest absolute Gasteiger partial charge is 0.143 e. The van der Waals surface area contributed by atoms with Gasteiger partial charge in [0.15, 0.2) is 0 Å². The molecule has 0 N–H and O–H groups in total. The molecular formula is C60H38N2O2. The fourth-order valence-corrected chi connectivity index (χ4v) is 9.83. The van der Waals surface area contributed by atoms with Crippen LogP contribution >= 0.6 is 0 Å². The van der Waals surface area contributed by atoms with Crippen LogP contribution in [0, 0.1) is 0 Å². The molecule has 13 rings (SSSR count). The Kier molecular flexibility index (Phi) is 8.18. The van der Waals surface area contributed by atoms with Crippen molar-refractivity contribution in [1.82, 2.24) is 4.57 Å². The molecule has 3 heterocycles. The largest absolute Gasteiger partial charge is 0.455 e. The Bertz CT molecular complexity index is 3910. The van der Waals surface area contributed by atoms with Gasteiger partial charge in [-0.25, -0.2) is 0 Å². The minimum Gasteiger partial charge on any atom is -0.455 e. The monoisotopic (exact) mass is 818 g/mol. The number of rotatable bonds is 7. The lowest BCUT2D eigenvalue weighted by Crippen LogP contribution is -2.10. The van der Waals surface area contributed by atoms with Crippen LogP contribution in [-0.4, -0.2) is 4.57 Å². The molecule has 0 radical (unpaired) electrons. The van der Waals surface area contributed by atoms with E-state index in [-0.39, 0.29) is 0 Å². The molecule has 0 aliphatic heterocycles. The Labute approximate surface area is 369 Å². The maximum absolute atomic E-state index is 6.54. The fraction of sp³-hybridized carbons (Fsp3) is 0. The number of furan rings is 2. The van der Waals surface area contributed by atoms with Gasteiger partial charge in [0.25, 0.3) is 0 Å². The number of para-hydroxylation sites is 6. The maximum Gasteiger partial charge on any atom is 0.143 e. The molecule has 4 heteroatoms. The predicted molar refractivity (Wildman–Crippen MR) is 266 cm³/mol. The number of fused-ring (bicyclic) bond motifs is 9. The molecule has 0 bridgehead atoms. The molecule has 0 aliphatic carbocycles. The fourth-order valence-electron chi connectivity index (χ4n) is 9.83. The average Bonchev–Trinajstić information content (AvgIpc) is 4.04. The molecule has 0 fully saturated rings. The summed E-state index contributed by atoms with van der Waals surface area (Å²) in [7, 11) is 0. The van der Waals surface area contributed by atoms with Crippen LogP contribution in [0.5, 0.6) is 0 Å². The molecule has 0 spiro atoms. The van der Waals surface area contributed by atoms with E-state index in [4.69, 9.17) is 8.83 Å². The first-order valence-electron chi connectivity index (χ1n) is 21.7. The Balaban J connectivity index is 0.957. The second-order valence-corrected chi connectivity index (χ2v) is 16.5. The average molecular weight is 819 g/mol. The number of benzene rings is 10. The second-order valence-electron chi connectivity index (χ2n) is 16.5. The van der Waals surface area contributed by atoms with Crippen LogP contribution in [0.1, 0.15) is 0 Å². The van der Waals surface area contributed by atoms with E-state index in [1.54, 1.807) is 0 Å². The van der Waals surface area contributed by atoms with E-state index < -0.39 is 0 Å². The van der Waals surface area contributed by atoms with Gasteiger partial charge in [-0.3, -0.25) is 0 Å². The van der Waals surface area contributed by atoms with Gasteiger partial charge in [0.05, 0.1) is 11.0 Å². The lowest BCUT2D eigenvalue weighted by atomic mass is 9.99. The lowest BCUT2D eigenvalue weighted by Gasteiger charge is -2.27. The number of anilines is 3. The molecule has 300 valence electrons. The first-order valence-corrected chi connectivity index (χ1v) is 21.7. The zero-order chi connectivity index (χ0) is 42.1. The maximum atomic E-state index is 6.54. The predicted octanol–water partition coefficient (Wildman–Crippen LogP) is 17.1. The van der Waals surface area contributed by atoms with Gasteiger partial charge < -0.3 is 18.3 Å². The molecule has 0 aliphatic rings. The third-order valence-electron chi connectivity index (χ3n) is 12.8. The van der Waals surface area contributed by atoms with Gasteiger partial charge in [-0.15, -0.1) is 0 Å². The topological polar surface area (TPSA) is 34.5 Å². The van der Waals surface area contributed by atoms with Gasteiger partial charge in [0, 0.05) is 66.2 Å². The third kappa shape index (κ3) is 5.77. The summed E-state index contributed by atoms with van der Waals surface area (Å²) >= 11 is 0. The van der Waals surface area contributed by atoms with E-state index in [1.807, 2.05) is 24.3 Å². The normalized spacial score (nSPS) is 11.8. The molecule has 3 aromatic heterocycles. The van der Waals surface area contributed by atoms with Crippen LogP contribution in [0.15, 0.2) is 239 Å². The van der Waals surface area contributed by atoms with Crippen molar-refractivity contribution in [2.45, 2.75) is 0 Å². The quantitative estimate of drug-likeness (QED) is 0.161. The van der Waals surface area contributed by atoms with E-state index in [9.17, 15) is 0 Å². The third-order valence-corrected chi connectivity index (χ3v) is 12.8. The van der Waals surface area contributed by atoms with Crippen molar-refractivity contribution >= 4 is 82.7 Å². The SMILES string of the molecule is c1ccc(-n2c3ccccc3c3cc(-c4cccc(N(c5ccc(-c6cccc7c6oc6ccccc67)cc5)c5cccc(-c6cccc7c6oc6ccccc67)c5)c4)ccc32)cc1. The van der Waals surface area contributed by atoms with Gasteiger partial charge in [-0.2, -0.15) is 0 Å². The van der Waals surface area contributed by atoms with Gasteiger partial charge >= 0.3 is 0 Å². The van der Waals surface area contributed by atoms with E-state index in [2.05, 4.69) is 216 Å². The number of aromatic nitrogens is 1. The first-order chi connectivity index (χ1) is 31.7. The van der Waals surface area contributed by atoms with Crippen molar-refractivity contribution in [1.29, 1.82) is 0 Å². The Morgan fingerprint density at radius 3 is 1.48 bits per heavy atom. The van der Waals surface area contributed by atoms with E-state index in [0.717, 1.165) is 100 Å². The molecule has 64 heavy (non-hydrogen) atoms. The molecular weight excluding hydrogens is 781 g/mol. The van der Waals surface area contributed by atoms with Crippen molar-refractivity contribution in [3.8, 4) is 39.1 Å². The van der Waals surface area contributed by atoms with Gasteiger partial charge in [-0.1, -0.05) is 152 Å². The summed E-state index contributed by atoms with van der Waals surface area (Å²) in [5.41, 5.74) is 16.8. The van der Waals surface area contributed by atoms with E-state index >= 15 is 0 Å². The molecule has 0 saturated carbocycles. The zero-order valence-corrected chi connectivity index (χ0v) is 34.7. The summed E-state index contributed by atoms with van der Waals surface area (Å²) in [4.78, 5) is 2.36. The minimum atomic E-state index is 0.890. The van der Waals surface area contributed by atoms with Crippen LogP contribution in [-0.2, 0) is 0 Å². The van der Waals surface area contributed by atoms with Crippen molar-refractivity contribution in [2.75, 3.05) is 4.90 Å². The van der Waals surface area contributed by atoms with Crippen LogP contribution in [0.4, 0.5) is 17.1 Å². The first kappa shape index (κ1) is 36.1. The van der Waals surface area contributed by atoms with E-state index in [0.29, 0.717) is 0 Å². The summed E-state index contributed by atoms with van der Waals surface area (Å²) in [5, 5.41) is 6.94. The van der Waals surface area contributed by atoms with Crippen molar-refractivity contribution < 1.29 is 8.83 Å². The summed E-state index contributed by atoms with van der Waals surface area (Å²) in [6.45, 7) is 0. The molecule has 0 amide bonds. The van der Waals surface area contributed by atoms with Crippen LogP contribution in [0.3, 0.4) is 0 Å². The molecule has 0 unspecified atom stereocenters. The van der Waals surface area contributed by atoms with Gasteiger partial charge in [0.1, 0.15) is 22.3 Å². The zero-order valence-electron chi connectivity index (χ0n) is 34.7.